The molecule has 0 heterocycles. The lowest BCUT2D eigenvalue weighted by atomic mass is 9.62. The normalized spacial score (nSPS) is 20.5. The Morgan fingerprint density at radius 3 is 2.24 bits per heavy atom. The molecular weight excluding hydrogens is 204 g/mol. The fraction of sp³-hybridized carbons (Fsp3) is 0.529. The molecule has 0 saturated heterocycles. The Morgan fingerprint density at radius 2 is 1.65 bits per heavy atom. The highest BCUT2D eigenvalue weighted by Gasteiger charge is 2.38. The molecule has 0 N–H and O–H groups in total. The van der Waals surface area contributed by atoms with Crippen LogP contribution in [0.2, 0.25) is 0 Å². The SMILES string of the molecule is C#Cc1cc(C)cc2c1C(C)(C)CCC2(C)C. The molecular formula is C17H22. The van der Waals surface area contributed by atoms with Crippen molar-refractivity contribution in [3.8, 4) is 12.3 Å². The van der Waals surface area contributed by atoms with Gasteiger partial charge in [0.1, 0.15) is 0 Å². The van der Waals surface area contributed by atoms with Gasteiger partial charge in [-0.25, -0.2) is 0 Å². The number of terminal acetylenes is 1. The molecule has 0 unspecified atom stereocenters. The van der Waals surface area contributed by atoms with Crippen LogP contribution in [0.4, 0.5) is 0 Å². The van der Waals surface area contributed by atoms with E-state index < -0.39 is 0 Å². The van der Waals surface area contributed by atoms with E-state index >= 15 is 0 Å². The zero-order valence-corrected chi connectivity index (χ0v) is 11.6. The van der Waals surface area contributed by atoms with E-state index in [0.29, 0.717) is 0 Å². The Bertz CT molecular complexity index is 496. The van der Waals surface area contributed by atoms with Gasteiger partial charge >= 0.3 is 0 Å². The van der Waals surface area contributed by atoms with Gasteiger partial charge in [0.2, 0.25) is 0 Å². The minimum atomic E-state index is 0.209. The van der Waals surface area contributed by atoms with Crippen molar-refractivity contribution in [2.45, 2.75) is 58.3 Å². The Kier molecular flexibility index (Phi) is 2.62. The maximum Gasteiger partial charge on any atom is 0.0285 e. The Balaban J connectivity index is 2.81. The van der Waals surface area contributed by atoms with Crippen LogP contribution in [0.1, 0.15) is 62.8 Å². The van der Waals surface area contributed by atoms with Crippen LogP contribution in [-0.2, 0) is 10.8 Å². The molecule has 0 nitrogen and oxygen atoms in total. The first-order valence-corrected chi connectivity index (χ1v) is 6.40. The number of fused-ring (bicyclic) bond motifs is 1. The van der Waals surface area contributed by atoms with E-state index in [9.17, 15) is 0 Å². The molecule has 0 aromatic heterocycles. The van der Waals surface area contributed by atoms with Crippen LogP contribution in [0.25, 0.3) is 0 Å². The van der Waals surface area contributed by atoms with Crippen molar-refractivity contribution >= 4 is 0 Å². The van der Waals surface area contributed by atoms with E-state index in [2.05, 4.69) is 52.7 Å². The molecule has 2 rings (SSSR count). The van der Waals surface area contributed by atoms with Crippen LogP contribution in [0.5, 0.6) is 0 Å². The van der Waals surface area contributed by atoms with Gasteiger partial charge in [-0.1, -0.05) is 39.7 Å². The van der Waals surface area contributed by atoms with Crippen LogP contribution in [0.15, 0.2) is 12.1 Å². The molecule has 1 aliphatic rings. The standard InChI is InChI=1S/C17H22/c1-7-13-10-12(2)11-14-15(13)17(5,6)9-8-16(14,3)4/h1,10-11H,8-9H2,2-6H3. The van der Waals surface area contributed by atoms with Crippen molar-refractivity contribution < 1.29 is 0 Å². The first-order chi connectivity index (χ1) is 7.78. The second-order valence-corrected chi connectivity index (χ2v) is 6.65. The fourth-order valence-corrected chi connectivity index (χ4v) is 3.05. The lowest BCUT2D eigenvalue weighted by Gasteiger charge is -2.42. The van der Waals surface area contributed by atoms with E-state index in [1.165, 1.54) is 29.5 Å². The van der Waals surface area contributed by atoms with Crippen LogP contribution < -0.4 is 0 Å². The van der Waals surface area contributed by atoms with Gasteiger partial charge in [0.05, 0.1) is 0 Å². The predicted octanol–water partition coefficient (Wildman–Crippen LogP) is 4.33. The second kappa shape index (κ2) is 3.64. The summed E-state index contributed by atoms with van der Waals surface area (Å²) >= 11 is 0. The molecule has 1 aromatic carbocycles. The van der Waals surface area contributed by atoms with Crippen molar-refractivity contribution in [1.29, 1.82) is 0 Å². The third kappa shape index (κ3) is 1.89. The number of aryl methyl sites for hydroxylation is 1. The summed E-state index contributed by atoms with van der Waals surface area (Å²) < 4.78 is 0. The Morgan fingerprint density at radius 1 is 1.06 bits per heavy atom. The van der Waals surface area contributed by atoms with Gasteiger partial charge in [0.25, 0.3) is 0 Å². The molecule has 0 aliphatic heterocycles. The maximum atomic E-state index is 5.70. The summed E-state index contributed by atoms with van der Waals surface area (Å²) in [5, 5.41) is 0. The quantitative estimate of drug-likeness (QED) is 0.578. The van der Waals surface area contributed by atoms with Gasteiger partial charge in [-0.15, -0.1) is 6.42 Å². The number of hydrogen-bond donors (Lipinski definition) is 0. The van der Waals surface area contributed by atoms with Gasteiger partial charge in [-0.3, -0.25) is 0 Å². The summed E-state index contributed by atoms with van der Waals surface area (Å²) in [5.41, 5.74) is 5.70. The average molecular weight is 226 g/mol. The van der Waals surface area contributed by atoms with Gasteiger partial charge in [0.15, 0.2) is 0 Å². The zero-order chi connectivity index (χ0) is 12.8. The Hall–Kier alpha value is -1.22. The minimum absolute atomic E-state index is 0.209. The van der Waals surface area contributed by atoms with E-state index in [4.69, 9.17) is 6.42 Å². The van der Waals surface area contributed by atoms with E-state index in [1.807, 2.05) is 0 Å². The largest absolute Gasteiger partial charge is 0.115 e. The summed E-state index contributed by atoms with van der Waals surface area (Å²) in [6.45, 7) is 11.4. The van der Waals surface area contributed by atoms with E-state index in [-0.39, 0.29) is 10.8 Å². The van der Waals surface area contributed by atoms with Crippen LogP contribution in [0, 0.1) is 19.3 Å². The van der Waals surface area contributed by atoms with Crippen molar-refractivity contribution in [2.75, 3.05) is 0 Å². The number of rotatable bonds is 0. The molecule has 17 heavy (non-hydrogen) atoms. The predicted molar refractivity (Wildman–Crippen MR) is 74.4 cm³/mol. The highest BCUT2D eigenvalue weighted by atomic mass is 14.4. The minimum Gasteiger partial charge on any atom is -0.115 e. The Labute approximate surface area is 105 Å². The summed E-state index contributed by atoms with van der Waals surface area (Å²) in [5.74, 6) is 2.89. The van der Waals surface area contributed by atoms with Crippen molar-refractivity contribution in [1.82, 2.24) is 0 Å². The van der Waals surface area contributed by atoms with Crippen LogP contribution in [-0.4, -0.2) is 0 Å². The first kappa shape index (κ1) is 12.2. The summed E-state index contributed by atoms with van der Waals surface area (Å²) in [6.07, 6.45) is 8.15. The molecule has 0 fully saturated rings. The molecule has 0 saturated carbocycles. The topological polar surface area (TPSA) is 0 Å². The fourth-order valence-electron chi connectivity index (χ4n) is 3.05. The average Bonchev–Trinajstić information content (AvgIpc) is 2.23. The summed E-state index contributed by atoms with van der Waals surface area (Å²) in [7, 11) is 0. The van der Waals surface area contributed by atoms with E-state index in [0.717, 1.165) is 5.56 Å². The van der Waals surface area contributed by atoms with Crippen LogP contribution >= 0.6 is 0 Å². The van der Waals surface area contributed by atoms with E-state index in [1.54, 1.807) is 0 Å². The van der Waals surface area contributed by atoms with Gasteiger partial charge in [-0.05, 0) is 53.4 Å². The lowest BCUT2D eigenvalue weighted by molar-refractivity contribution is 0.331. The van der Waals surface area contributed by atoms with Crippen LogP contribution in [0.3, 0.4) is 0 Å². The monoisotopic (exact) mass is 226 g/mol. The molecule has 0 atom stereocenters. The molecule has 1 aliphatic carbocycles. The molecule has 0 bridgehead atoms. The zero-order valence-electron chi connectivity index (χ0n) is 11.6. The number of hydrogen-bond acceptors (Lipinski definition) is 0. The third-order valence-corrected chi connectivity index (χ3v) is 4.22. The summed E-state index contributed by atoms with van der Waals surface area (Å²) in [6, 6.07) is 4.49. The maximum absolute atomic E-state index is 5.70. The molecule has 90 valence electrons. The van der Waals surface area contributed by atoms with Gasteiger partial charge < -0.3 is 0 Å². The molecule has 0 radical (unpaired) electrons. The lowest BCUT2D eigenvalue weighted by Crippen LogP contribution is -2.34. The highest BCUT2D eigenvalue weighted by Crippen LogP contribution is 2.47. The van der Waals surface area contributed by atoms with Crippen molar-refractivity contribution in [3.63, 3.8) is 0 Å². The molecule has 0 spiro atoms. The van der Waals surface area contributed by atoms with Crippen molar-refractivity contribution in [3.05, 3.63) is 34.4 Å². The summed E-state index contributed by atoms with van der Waals surface area (Å²) in [4.78, 5) is 0. The van der Waals surface area contributed by atoms with Gasteiger partial charge in [0, 0.05) is 5.56 Å². The van der Waals surface area contributed by atoms with Crippen molar-refractivity contribution in [2.24, 2.45) is 0 Å². The number of benzene rings is 1. The highest BCUT2D eigenvalue weighted by molar-refractivity contribution is 5.54. The van der Waals surface area contributed by atoms with Gasteiger partial charge in [-0.2, -0.15) is 0 Å². The molecule has 0 heteroatoms. The smallest absolute Gasteiger partial charge is 0.0285 e. The first-order valence-electron chi connectivity index (χ1n) is 6.40. The second-order valence-electron chi connectivity index (χ2n) is 6.65. The molecule has 0 amide bonds. The third-order valence-electron chi connectivity index (χ3n) is 4.22. The molecule has 1 aromatic rings.